The third-order valence-electron chi connectivity index (χ3n) is 6.31. The molecule has 2 aliphatic rings. The highest BCUT2D eigenvalue weighted by Gasteiger charge is 2.42. The van der Waals surface area contributed by atoms with Crippen LogP contribution >= 0.6 is 0 Å². The Morgan fingerprint density at radius 3 is 2.46 bits per heavy atom. The van der Waals surface area contributed by atoms with Gasteiger partial charge in [-0.2, -0.15) is 0 Å². The van der Waals surface area contributed by atoms with Crippen LogP contribution in [0.5, 0.6) is 0 Å². The van der Waals surface area contributed by atoms with Crippen LogP contribution in [-0.4, -0.2) is 24.5 Å². The lowest BCUT2D eigenvalue weighted by atomic mass is 9.67. The Morgan fingerprint density at radius 1 is 1.00 bits per heavy atom. The summed E-state index contributed by atoms with van der Waals surface area (Å²) < 4.78 is 0. The van der Waals surface area contributed by atoms with E-state index in [1.54, 1.807) is 11.1 Å². The Morgan fingerprint density at radius 2 is 1.73 bits per heavy atom. The van der Waals surface area contributed by atoms with E-state index in [0.717, 1.165) is 18.4 Å². The average Bonchev–Trinajstić information content (AvgIpc) is 3.01. The zero-order chi connectivity index (χ0) is 18.3. The summed E-state index contributed by atoms with van der Waals surface area (Å²) in [4.78, 5) is 2.67. The predicted octanol–water partition coefficient (Wildman–Crippen LogP) is 5.51. The summed E-state index contributed by atoms with van der Waals surface area (Å²) in [6.45, 7) is 12.4. The molecule has 3 unspecified atom stereocenters. The summed E-state index contributed by atoms with van der Waals surface area (Å²) in [7, 11) is 0. The summed E-state index contributed by atoms with van der Waals surface area (Å²) in [6.07, 6.45) is 3.63. The molecule has 1 aliphatic heterocycles. The van der Waals surface area contributed by atoms with Crippen molar-refractivity contribution in [1.29, 1.82) is 0 Å². The van der Waals surface area contributed by atoms with Crippen LogP contribution in [0.2, 0.25) is 0 Å². The molecule has 0 N–H and O–H groups in total. The molecule has 1 nitrogen and oxygen atoms in total. The molecular formula is C25H31N. The zero-order valence-corrected chi connectivity index (χ0v) is 16.6. The highest BCUT2D eigenvalue weighted by molar-refractivity contribution is 5.44. The number of likely N-dealkylation sites (tertiary alicyclic amines) is 1. The monoisotopic (exact) mass is 345 g/mol. The number of aryl methyl sites for hydroxylation is 2. The lowest BCUT2D eigenvalue weighted by Crippen LogP contribution is -2.29. The fourth-order valence-corrected chi connectivity index (χ4v) is 4.95. The molecule has 4 rings (SSSR count). The van der Waals surface area contributed by atoms with E-state index in [1.807, 2.05) is 0 Å². The summed E-state index contributed by atoms with van der Waals surface area (Å²) in [5.74, 6) is 2.06. The predicted molar refractivity (Wildman–Crippen MR) is 111 cm³/mol. The van der Waals surface area contributed by atoms with Crippen molar-refractivity contribution in [3.05, 3.63) is 81.9 Å². The van der Waals surface area contributed by atoms with Gasteiger partial charge in [0.15, 0.2) is 0 Å². The zero-order valence-electron chi connectivity index (χ0n) is 16.6. The number of benzene rings is 2. The third-order valence-corrected chi connectivity index (χ3v) is 6.31. The van der Waals surface area contributed by atoms with Crippen molar-refractivity contribution < 1.29 is 0 Å². The van der Waals surface area contributed by atoms with Crippen molar-refractivity contribution in [1.82, 2.24) is 4.90 Å². The van der Waals surface area contributed by atoms with Gasteiger partial charge in [-0.1, -0.05) is 65.2 Å². The molecule has 0 spiro atoms. The van der Waals surface area contributed by atoms with Crippen LogP contribution in [0.3, 0.4) is 0 Å². The summed E-state index contributed by atoms with van der Waals surface area (Å²) in [5, 5.41) is 0. The van der Waals surface area contributed by atoms with E-state index in [4.69, 9.17) is 0 Å². The Balaban J connectivity index is 1.71. The van der Waals surface area contributed by atoms with Crippen LogP contribution in [0.15, 0.2) is 54.1 Å². The standard InChI is InChI=1S/C25H31N/c1-17(2)11-12-26-15-22-14-21-10-7-19(4)13-23(21)25(24(22)16-26)20-8-5-18(3)6-9-20/h5-11,13,22,24-25H,12,14-16H2,1-4H3. The number of hydrogen-bond donors (Lipinski definition) is 0. The highest BCUT2D eigenvalue weighted by Crippen LogP contribution is 2.47. The molecule has 0 aromatic heterocycles. The summed E-state index contributed by atoms with van der Waals surface area (Å²) in [6, 6.07) is 16.4. The van der Waals surface area contributed by atoms with Gasteiger partial charge >= 0.3 is 0 Å². The largest absolute Gasteiger partial charge is 0.299 e. The molecule has 1 aliphatic carbocycles. The molecule has 0 bridgehead atoms. The first-order valence-corrected chi connectivity index (χ1v) is 10.0. The van der Waals surface area contributed by atoms with Gasteiger partial charge in [0.1, 0.15) is 0 Å². The van der Waals surface area contributed by atoms with Crippen LogP contribution in [0.25, 0.3) is 0 Å². The van der Waals surface area contributed by atoms with Gasteiger partial charge in [0.05, 0.1) is 0 Å². The molecule has 1 heteroatoms. The van der Waals surface area contributed by atoms with E-state index >= 15 is 0 Å². The van der Waals surface area contributed by atoms with Crippen LogP contribution in [0.4, 0.5) is 0 Å². The summed E-state index contributed by atoms with van der Waals surface area (Å²) >= 11 is 0. The fraction of sp³-hybridized carbons (Fsp3) is 0.440. The molecule has 136 valence electrons. The third kappa shape index (κ3) is 3.38. The molecular weight excluding hydrogens is 314 g/mol. The van der Waals surface area contributed by atoms with Crippen LogP contribution < -0.4 is 0 Å². The second kappa shape index (κ2) is 7.04. The normalized spacial score (nSPS) is 24.8. The highest BCUT2D eigenvalue weighted by atomic mass is 15.2. The number of allylic oxidation sites excluding steroid dienone is 1. The van der Waals surface area contributed by atoms with Crippen molar-refractivity contribution in [2.24, 2.45) is 11.8 Å². The second-order valence-electron chi connectivity index (χ2n) is 8.72. The van der Waals surface area contributed by atoms with Crippen molar-refractivity contribution in [2.45, 2.75) is 40.0 Å². The maximum Gasteiger partial charge on any atom is 0.0165 e. The molecule has 0 radical (unpaired) electrons. The minimum Gasteiger partial charge on any atom is -0.299 e. The van der Waals surface area contributed by atoms with E-state index in [0.29, 0.717) is 5.92 Å². The number of rotatable bonds is 3. The SMILES string of the molecule is CC(C)=CCN1CC2Cc3ccc(C)cc3C(c3ccc(C)cc3)C2C1. The Bertz CT molecular complexity index is 811. The van der Waals surface area contributed by atoms with E-state index < -0.39 is 0 Å². The van der Waals surface area contributed by atoms with Gasteiger partial charge in [0.2, 0.25) is 0 Å². The van der Waals surface area contributed by atoms with E-state index in [9.17, 15) is 0 Å². The lowest BCUT2D eigenvalue weighted by molar-refractivity contribution is 0.345. The van der Waals surface area contributed by atoms with Crippen molar-refractivity contribution in [3.63, 3.8) is 0 Å². The number of nitrogens with zero attached hydrogens (tertiary/aromatic N) is 1. The molecule has 1 fully saturated rings. The molecule has 3 atom stereocenters. The van der Waals surface area contributed by atoms with Crippen LogP contribution in [-0.2, 0) is 6.42 Å². The fourth-order valence-electron chi connectivity index (χ4n) is 4.95. The molecule has 1 saturated heterocycles. The maximum atomic E-state index is 2.67. The van der Waals surface area contributed by atoms with E-state index in [1.165, 1.54) is 41.8 Å². The van der Waals surface area contributed by atoms with Crippen molar-refractivity contribution in [2.75, 3.05) is 19.6 Å². The van der Waals surface area contributed by atoms with Crippen molar-refractivity contribution >= 4 is 0 Å². The lowest BCUT2D eigenvalue weighted by Gasteiger charge is -2.36. The molecule has 0 amide bonds. The molecule has 1 heterocycles. The summed E-state index contributed by atoms with van der Waals surface area (Å²) in [5.41, 5.74) is 8.82. The average molecular weight is 346 g/mol. The van der Waals surface area contributed by atoms with Gasteiger partial charge in [0.25, 0.3) is 0 Å². The van der Waals surface area contributed by atoms with Crippen LogP contribution in [0, 0.1) is 25.7 Å². The van der Waals surface area contributed by atoms with E-state index in [-0.39, 0.29) is 0 Å². The van der Waals surface area contributed by atoms with E-state index in [2.05, 4.69) is 81.1 Å². The topological polar surface area (TPSA) is 3.24 Å². The van der Waals surface area contributed by atoms with Gasteiger partial charge in [-0.3, -0.25) is 4.90 Å². The molecule has 26 heavy (non-hydrogen) atoms. The molecule has 0 saturated carbocycles. The smallest absolute Gasteiger partial charge is 0.0165 e. The molecule has 2 aromatic rings. The van der Waals surface area contributed by atoms with Gasteiger partial charge in [-0.15, -0.1) is 0 Å². The minimum atomic E-state index is 0.543. The minimum absolute atomic E-state index is 0.543. The molecule has 2 aromatic carbocycles. The maximum absolute atomic E-state index is 2.67. The first-order valence-electron chi connectivity index (χ1n) is 10.0. The number of hydrogen-bond acceptors (Lipinski definition) is 1. The number of fused-ring (bicyclic) bond motifs is 2. The first kappa shape index (κ1) is 17.5. The van der Waals surface area contributed by atoms with Crippen LogP contribution in [0.1, 0.15) is 47.6 Å². The van der Waals surface area contributed by atoms with Gasteiger partial charge in [-0.05, 0) is 62.6 Å². The Kier molecular flexibility index (Phi) is 4.75. The Labute approximate surface area is 158 Å². The second-order valence-corrected chi connectivity index (χ2v) is 8.72. The van der Waals surface area contributed by atoms with Gasteiger partial charge in [-0.25, -0.2) is 0 Å². The van der Waals surface area contributed by atoms with Gasteiger partial charge in [0, 0.05) is 25.6 Å². The quantitative estimate of drug-likeness (QED) is 0.663. The van der Waals surface area contributed by atoms with Crippen molar-refractivity contribution in [3.8, 4) is 0 Å². The first-order chi connectivity index (χ1) is 12.5. The van der Waals surface area contributed by atoms with Gasteiger partial charge < -0.3 is 0 Å². The Hall–Kier alpha value is -1.86.